The van der Waals surface area contributed by atoms with E-state index in [0.29, 0.717) is 17.6 Å². The Labute approximate surface area is 324 Å². The van der Waals surface area contributed by atoms with Gasteiger partial charge in [0.05, 0.1) is 16.8 Å². The smallest absolute Gasteiger partial charge is 0.238 e. The molecule has 1 spiro atoms. The number of anilines is 3. The van der Waals surface area contributed by atoms with E-state index in [1.54, 1.807) is 11.3 Å². The minimum atomic E-state index is -0.513. The quantitative estimate of drug-likeness (QED) is 0.182. The first-order valence-electron chi connectivity index (χ1n) is 18.9. The molecule has 0 fully saturated rings. The van der Waals surface area contributed by atoms with Crippen LogP contribution in [0, 0.1) is 0 Å². The van der Waals surface area contributed by atoms with Crippen molar-refractivity contribution in [3.05, 3.63) is 192 Å². The molecule has 0 atom stereocenters. The lowest BCUT2D eigenvalue weighted by atomic mass is 9.65. The van der Waals surface area contributed by atoms with Gasteiger partial charge in [0.15, 0.2) is 11.6 Å². The molecule has 4 nitrogen and oxygen atoms in total. The Morgan fingerprint density at radius 2 is 1.00 bits per heavy atom. The van der Waals surface area contributed by atoms with Gasteiger partial charge in [-0.15, -0.1) is 11.3 Å². The van der Waals surface area contributed by atoms with E-state index in [4.69, 9.17) is 15.0 Å². The molecular weight excluding hydrogens is 689 g/mol. The average molecular weight is 725 g/mol. The number of nitrogens with zero attached hydrogens (tertiary/aromatic N) is 4. The molecule has 55 heavy (non-hydrogen) atoms. The van der Waals surface area contributed by atoms with Gasteiger partial charge in [-0.25, -0.2) is 4.98 Å². The molecule has 0 saturated carbocycles. The van der Waals surface area contributed by atoms with Gasteiger partial charge in [-0.2, -0.15) is 9.97 Å². The fourth-order valence-electron chi connectivity index (χ4n) is 9.03. The van der Waals surface area contributed by atoms with Gasteiger partial charge < -0.3 is 0 Å². The van der Waals surface area contributed by atoms with Gasteiger partial charge >= 0.3 is 0 Å². The molecule has 11 rings (SSSR count). The van der Waals surface area contributed by atoms with Crippen LogP contribution in [0.3, 0.4) is 0 Å². The fraction of sp³-hybridized carbons (Fsp3) is 0.100. The zero-order valence-electron chi connectivity index (χ0n) is 30.8. The van der Waals surface area contributed by atoms with E-state index in [1.165, 1.54) is 59.1 Å². The lowest BCUT2D eigenvalue weighted by Gasteiger charge is -2.44. The molecule has 0 saturated heterocycles. The molecule has 0 bridgehead atoms. The topological polar surface area (TPSA) is 41.9 Å². The largest absolute Gasteiger partial charge is 0.278 e. The highest BCUT2D eigenvalue weighted by molar-refractivity contribution is 7.26. The number of thiophene rings is 1. The standard InChI is InChI=1S/C50H36N4S/c1-49(2,3)32-29-27-31(28-30-32)46-51-47(37-19-14-18-36-35-17-6-13-26-44(35)55-45(36)37)53-48(52-46)54-42-24-11-9-22-40(42)50(41-23-10-12-25-43(41)54)38-20-7-4-15-33(38)34-16-5-8-21-39(34)50/h4-30H,1-3H3. The van der Waals surface area contributed by atoms with Crippen molar-refractivity contribution in [1.29, 1.82) is 0 Å². The normalized spacial score (nSPS) is 13.8. The zero-order valence-corrected chi connectivity index (χ0v) is 31.6. The predicted octanol–water partition coefficient (Wildman–Crippen LogP) is 13.0. The van der Waals surface area contributed by atoms with Crippen LogP contribution in [0.25, 0.3) is 54.1 Å². The molecule has 0 unspecified atom stereocenters. The Balaban J connectivity index is 1.19. The molecule has 1 aliphatic heterocycles. The molecule has 1 aliphatic carbocycles. The molecule has 0 amide bonds. The first-order valence-corrected chi connectivity index (χ1v) is 19.7. The maximum atomic E-state index is 5.44. The Morgan fingerprint density at radius 1 is 0.473 bits per heavy atom. The second-order valence-corrected chi connectivity index (χ2v) is 16.7. The van der Waals surface area contributed by atoms with Crippen molar-refractivity contribution in [2.75, 3.05) is 4.90 Å². The van der Waals surface area contributed by atoms with Gasteiger partial charge in [0.1, 0.15) is 0 Å². The maximum Gasteiger partial charge on any atom is 0.238 e. The average Bonchev–Trinajstić information content (AvgIpc) is 3.75. The summed E-state index contributed by atoms with van der Waals surface area (Å²) in [5, 5.41) is 2.46. The highest BCUT2D eigenvalue weighted by atomic mass is 32.1. The molecule has 9 aromatic rings. The SMILES string of the molecule is CC(C)(C)c1ccc(-c2nc(-c3cccc4c3sc3ccccc34)nc(N3c4ccccc4C4(c5ccccc5-c5ccccc54)c4ccccc43)n2)cc1. The highest BCUT2D eigenvalue weighted by Crippen LogP contribution is 2.63. The number of para-hydroxylation sites is 2. The third kappa shape index (κ3) is 4.60. The summed E-state index contributed by atoms with van der Waals surface area (Å²) in [6.45, 7) is 6.73. The lowest BCUT2D eigenvalue weighted by Crippen LogP contribution is -2.36. The van der Waals surface area contributed by atoms with Crippen LogP contribution in [0.15, 0.2) is 164 Å². The van der Waals surface area contributed by atoms with E-state index in [9.17, 15) is 0 Å². The molecule has 0 N–H and O–H groups in total. The van der Waals surface area contributed by atoms with Gasteiger partial charge in [-0.3, -0.25) is 4.90 Å². The van der Waals surface area contributed by atoms with Crippen molar-refractivity contribution in [2.45, 2.75) is 31.6 Å². The summed E-state index contributed by atoms with van der Waals surface area (Å²) < 4.78 is 2.42. The van der Waals surface area contributed by atoms with Crippen molar-refractivity contribution in [2.24, 2.45) is 0 Å². The van der Waals surface area contributed by atoms with Crippen LogP contribution in [-0.2, 0) is 10.8 Å². The van der Waals surface area contributed by atoms with Crippen LogP contribution in [0.1, 0.15) is 48.6 Å². The molecule has 3 heterocycles. The molecule has 0 radical (unpaired) electrons. The number of fused-ring (bicyclic) bond motifs is 12. The van der Waals surface area contributed by atoms with E-state index in [1.807, 2.05) is 0 Å². The fourth-order valence-corrected chi connectivity index (χ4v) is 10.2. The van der Waals surface area contributed by atoms with E-state index in [2.05, 4.69) is 189 Å². The Morgan fingerprint density at radius 3 is 1.65 bits per heavy atom. The molecule has 7 aromatic carbocycles. The third-order valence-corrected chi connectivity index (χ3v) is 12.7. The summed E-state index contributed by atoms with van der Waals surface area (Å²) in [6, 6.07) is 59.3. The second kappa shape index (κ2) is 11.8. The highest BCUT2D eigenvalue weighted by Gasteiger charge is 2.51. The van der Waals surface area contributed by atoms with Gasteiger partial charge in [0.2, 0.25) is 5.95 Å². The number of rotatable bonds is 3. The lowest BCUT2D eigenvalue weighted by molar-refractivity contribution is 0.590. The summed E-state index contributed by atoms with van der Waals surface area (Å²) in [4.78, 5) is 18.4. The monoisotopic (exact) mass is 724 g/mol. The number of aromatic nitrogens is 3. The summed E-state index contributed by atoms with van der Waals surface area (Å²) in [6.07, 6.45) is 0. The van der Waals surface area contributed by atoms with Crippen LogP contribution >= 0.6 is 11.3 Å². The van der Waals surface area contributed by atoms with Gasteiger partial charge in [0, 0.05) is 31.3 Å². The van der Waals surface area contributed by atoms with Crippen molar-refractivity contribution >= 4 is 48.8 Å². The van der Waals surface area contributed by atoms with Crippen LogP contribution in [0.5, 0.6) is 0 Å². The van der Waals surface area contributed by atoms with Gasteiger partial charge in [0.25, 0.3) is 0 Å². The number of hydrogen-bond acceptors (Lipinski definition) is 5. The summed E-state index contributed by atoms with van der Waals surface area (Å²) in [5.41, 5.74) is 12.4. The van der Waals surface area contributed by atoms with Crippen molar-refractivity contribution in [3.63, 3.8) is 0 Å². The Kier molecular flexibility index (Phi) is 6.86. The van der Waals surface area contributed by atoms with Crippen LogP contribution in [0.4, 0.5) is 17.3 Å². The second-order valence-electron chi connectivity index (χ2n) is 15.6. The Hall–Kier alpha value is -6.43. The number of hydrogen-bond donors (Lipinski definition) is 0. The minimum Gasteiger partial charge on any atom is -0.278 e. The maximum absolute atomic E-state index is 5.44. The summed E-state index contributed by atoms with van der Waals surface area (Å²) >= 11 is 1.79. The molecule has 262 valence electrons. The van der Waals surface area contributed by atoms with Gasteiger partial charge in [-0.05, 0) is 68.6 Å². The van der Waals surface area contributed by atoms with E-state index < -0.39 is 5.41 Å². The van der Waals surface area contributed by atoms with Crippen molar-refractivity contribution in [3.8, 4) is 33.9 Å². The van der Waals surface area contributed by atoms with Crippen molar-refractivity contribution < 1.29 is 0 Å². The van der Waals surface area contributed by atoms with Crippen LogP contribution < -0.4 is 4.90 Å². The third-order valence-electron chi connectivity index (χ3n) is 11.5. The first kappa shape index (κ1) is 32.0. The Bertz CT molecular complexity index is 2890. The van der Waals surface area contributed by atoms with Gasteiger partial charge in [-0.1, -0.05) is 160 Å². The molecular formula is C50H36N4S. The van der Waals surface area contributed by atoms with E-state index in [0.717, 1.165) is 22.5 Å². The van der Waals surface area contributed by atoms with Crippen molar-refractivity contribution in [1.82, 2.24) is 15.0 Å². The zero-order chi connectivity index (χ0) is 36.9. The van der Waals surface area contributed by atoms with Crippen LogP contribution in [-0.4, -0.2) is 15.0 Å². The molecule has 2 aromatic heterocycles. The summed E-state index contributed by atoms with van der Waals surface area (Å²) in [5.74, 6) is 1.89. The number of benzene rings is 7. The molecule has 5 heteroatoms. The predicted molar refractivity (Wildman–Crippen MR) is 228 cm³/mol. The van der Waals surface area contributed by atoms with Crippen LogP contribution in [0.2, 0.25) is 0 Å². The van der Waals surface area contributed by atoms with E-state index in [-0.39, 0.29) is 5.41 Å². The van der Waals surface area contributed by atoms with E-state index >= 15 is 0 Å². The summed E-state index contributed by atoms with van der Waals surface area (Å²) in [7, 11) is 0. The first-order chi connectivity index (χ1) is 26.9. The minimum absolute atomic E-state index is 0.0272. The molecule has 2 aliphatic rings.